The Morgan fingerprint density at radius 3 is 1.32 bits per heavy atom. The maximum Gasteiger partial charge on any atom is 0.0719 e. The molecule has 5 aromatic rings. The number of aromatic nitrogens is 4. The first-order valence-electron chi connectivity index (χ1n) is 16.9. The lowest BCUT2D eigenvalue weighted by Gasteiger charge is -2.09. The SMILES string of the molecule is Cc1ccc(C)c(-c2ccccc2)c2nc(c(-c3cccnc3)c(C)ccc(C)c(-c3cccnc3)c3cc(c1-c1ccncc1)C=C3)C=C2. The molecule has 0 spiro atoms. The van der Waals surface area contributed by atoms with E-state index in [9.17, 15) is 0 Å². The zero-order valence-electron chi connectivity index (χ0n) is 28.8. The van der Waals surface area contributed by atoms with E-state index in [0.717, 1.165) is 89.3 Å². The van der Waals surface area contributed by atoms with E-state index in [-0.39, 0.29) is 0 Å². The summed E-state index contributed by atoms with van der Waals surface area (Å²) in [5.41, 5.74) is 17.4. The minimum Gasteiger partial charge on any atom is -0.265 e. The number of nitrogens with zero attached hydrogens (tertiary/aromatic N) is 4. The summed E-state index contributed by atoms with van der Waals surface area (Å²) in [6.45, 7) is 8.68. The van der Waals surface area contributed by atoms with Crippen molar-refractivity contribution in [3.05, 3.63) is 179 Å². The monoisotopic (exact) mass is 646 g/mol. The van der Waals surface area contributed by atoms with Crippen molar-refractivity contribution in [1.29, 1.82) is 0 Å². The van der Waals surface area contributed by atoms with Crippen molar-refractivity contribution in [2.75, 3.05) is 0 Å². The Morgan fingerprint density at radius 2 is 0.800 bits per heavy atom. The molecule has 2 aliphatic rings. The summed E-state index contributed by atoms with van der Waals surface area (Å²) in [4.78, 5) is 18.6. The fraction of sp³-hybridized carbons (Fsp3) is 0.0870. The minimum atomic E-state index is 0.910. The number of fused-ring (bicyclic) bond motifs is 4. The Kier molecular flexibility index (Phi) is 9.35. The Bertz CT molecular complexity index is 2000. The van der Waals surface area contributed by atoms with Crippen LogP contribution in [0.2, 0.25) is 0 Å². The average molecular weight is 647 g/mol. The van der Waals surface area contributed by atoms with Gasteiger partial charge >= 0.3 is 0 Å². The molecule has 0 saturated heterocycles. The number of rotatable bonds is 4. The standard InChI is InChI=1S/C46H38N4/c1-31-14-16-33(3)45(35-10-6-5-7-11-35)41-20-21-42(50-41)46(40-13-9-25-49-30-40)34(4)17-15-32(2)44(39-12-8-24-48-29-39)38-19-18-37(28-38)43(31)36-22-26-47-27-23-36/h5-30H,1-4H3. The van der Waals surface area contributed by atoms with E-state index in [0.29, 0.717) is 0 Å². The molecule has 7 rings (SSSR count). The third kappa shape index (κ3) is 6.69. The Morgan fingerprint density at radius 1 is 0.360 bits per heavy atom. The molecule has 50 heavy (non-hydrogen) atoms. The largest absolute Gasteiger partial charge is 0.265 e. The molecule has 0 atom stereocenters. The molecular formula is C46H38N4. The summed E-state index contributed by atoms with van der Waals surface area (Å²) in [5.74, 6) is 0. The van der Waals surface area contributed by atoms with Crippen molar-refractivity contribution < 1.29 is 0 Å². The van der Waals surface area contributed by atoms with E-state index in [2.05, 4.69) is 152 Å². The fourth-order valence-corrected chi connectivity index (χ4v) is 6.77. The molecule has 0 amide bonds. The summed E-state index contributed by atoms with van der Waals surface area (Å²) in [7, 11) is 0. The highest BCUT2D eigenvalue weighted by Crippen LogP contribution is 2.36. The van der Waals surface area contributed by atoms with Crippen molar-refractivity contribution in [2.45, 2.75) is 27.7 Å². The van der Waals surface area contributed by atoms with Gasteiger partial charge in [0.05, 0.1) is 11.4 Å². The van der Waals surface area contributed by atoms with Gasteiger partial charge in [-0.3, -0.25) is 15.0 Å². The molecule has 0 saturated carbocycles. The smallest absolute Gasteiger partial charge is 0.0719 e. The summed E-state index contributed by atoms with van der Waals surface area (Å²) in [5, 5.41) is 0. The highest BCUT2D eigenvalue weighted by atomic mass is 14.7. The van der Waals surface area contributed by atoms with Crippen LogP contribution in [0.3, 0.4) is 0 Å². The van der Waals surface area contributed by atoms with Crippen LogP contribution < -0.4 is 0 Å². The van der Waals surface area contributed by atoms with E-state index in [1.165, 1.54) is 0 Å². The highest BCUT2D eigenvalue weighted by molar-refractivity contribution is 5.92. The van der Waals surface area contributed by atoms with Crippen LogP contribution in [0.1, 0.15) is 44.8 Å². The Labute approximate surface area is 294 Å². The summed E-state index contributed by atoms with van der Waals surface area (Å²) >= 11 is 0. The topological polar surface area (TPSA) is 51.6 Å². The van der Waals surface area contributed by atoms with Crippen molar-refractivity contribution in [3.63, 3.8) is 0 Å². The first-order valence-corrected chi connectivity index (χ1v) is 16.9. The van der Waals surface area contributed by atoms with Gasteiger partial charge in [0, 0.05) is 59.4 Å². The minimum absolute atomic E-state index is 0.910. The molecule has 1 aliphatic carbocycles. The second kappa shape index (κ2) is 14.5. The summed E-state index contributed by atoms with van der Waals surface area (Å²) < 4.78 is 0. The van der Waals surface area contributed by atoms with Gasteiger partial charge in [-0.15, -0.1) is 0 Å². The van der Waals surface area contributed by atoms with E-state index in [1.807, 2.05) is 49.3 Å². The molecule has 4 nitrogen and oxygen atoms in total. The van der Waals surface area contributed by atoms with Gasteiger partial charge in [-0.1, -0.05) is 78.9 Å². The van der Waals surface area contributed by atoms with Gasteiger partial charge in [0.1, 0.15) is 0 Å². The molecule has 5 heterocycles. The first kappa shape index (κ1) is 32.3. The van der Waals surface area contributed by atoms with Crippen LogP contribution in [0.15, 0.2) is 134 Å². The zero-order valence-corrected chi connectivity index (χ0v) is 28.8. The number of aryl methyl sites for hydroxylation is 4. The lowest BCUT2D eigenvalue weighted by atomic mass is 9.96. The molecule has 0 fully saturated rings. The van der Waals surface area contributed by atoms with E-state index in [4.69, 9.17) is 4.98 Å². The maximum atomic E-state index is 5.31. The van der Waals surface area contributed by atoms with E-state index in [1.54, 1.807) is 0 Å². The van der Waals surface area contributed by atoms with Crippen molar-refractivity contribution >= 4 is 24.3 Å². The van der Waals surface area contributed by atoms with E-state index < -0.39 is 0 Å². The summed E-state index contributed by atoms with van der Waals surface area (Å²) in [6.07, 6.45) is 19.9. The second-order valence-corrected chi connectivity index (χ2v) is 12.6. The van der Waals surface area contributed by atoms with Gasteiger partial charge in [0.15, 0.2) is 0 Å². The number of hydrogen-bond acceptors (Lipinski definition) is 4. The van der Waals surface area contributed by atoms with Gasteiger partial charge < -0.3 is 0 Å². The van der Waals surface area contributed by atoms with Crippen molar-refractivity contribution in [1.82, 2.24) is 19.9 Å². The molecule has 4 aromatic heterocycles. The Balaban J connectivity index is 1.65. The zero-order chi connectivity index (χ0) is 34.5. The molecule has 1 aromatic carbocycles. The molecule has 0 N–H and O–H groups in total. The van der Waals surface area contributed by atoms with Gasteiger partial charge in [0.2, 0.25) is 0 Å². The molecule has 0 unspecified atom stereocenters. The van der Waals surface area contributed by atoms with E-state index >= 15 is 0 Å². The molecular weight excluding hydrogens is 609 g/mol. The van der Waals surface area contributed by atoms with Gasteiger partial charge in [-0.05, 0) is 126 Å². The number of hydrogen-bond donors (Lipinski definition) is 0. The lowest BCUT2D eigenvalue weighted by molar-refractivity contribution is 1.27. The van der Waals surface area contributed by atoms with Crippen LogP contribution in [0.5, 0.6) is 0 Å². The molecule has 0 radical (unpaired) electrons. The number of pyridine rings is 3. The van der Waals surface area contributed by atoms with Gasteiger partial charge in [-0.25, -0.2) is 4.98 Å². The second-order valence-electron chi connectivity index (χ2n) is 12.6. The average Bonchev–Trinajstić information content (AvgIpc) is 3.82. The van der Waals surface area contributed by atoms with Crippen molar-refractivity contribution in [2.24, 2.45) is 0 Å². The number of benzene rings is 1. The Hall–Kier alpha value is -6.26. The van der Waals surface area contributed by atoms with Crippen LogP contribution in [-0.4, -0.2) is 19.9 Å². The normalized spacial score (nSPS) is 11.4. The van der Waals surface area contributed by atoms with Crippen LogP contribution in [0, 0.1) is 27.7 Å². The summed E-state index contributed by atoms with van der Waals surface area (Å²) in [6, 6.07) is 34.1. The predicted molar refractivity (Wildman–Crippen MR) is 209 cm³/mol. The van der Waals surface area contributed by atoms with Crippen LogP contribution >= 0.6 is 0 Å². The fourth-order valence-electron chi connectivity index (χ4n) is 6.77. The predicted octanol–water partition coefficient (Wildman–Crippen LogP) is 11.5. The van der Waals surface area contributed by atoms with Crippen LogP contribution in [-0.2, 0) is 0 Å². The third-order valence-corrected chi connectivity index (χ3v) is 9.16. The molecule has 4 heteroatoms. The van der Waals surface area contributed by atoms with Gasteiger partial charge in [0.25, 0.3) is 0 Å². The van der Waals surface area contributed by atoms with Crippen molar-refractivity contribution in [3.8, 4) is 44.5 Å². The quantitative estimate of drug-likeness (QED) is 0.191. The first-order chi connectivity index (χ1) is 24.5. The highest BCUT2D eigenvalue weighted by Gasteiger charge is 2.15. The lowest BCUT2D eigenvalue weighted by Crippen LogP contribution is -1.90. The molecule has 1 aliphatic heterocycles. The third-order valence-electron chi connectivity index (χ3n) is 9.16. The van der Waals surface area contributed by atoms with Crippen LogP contribution in [0.25, 0.3) is 68.8 Å². The molecule has 242 valence electrons. The molecule has 4 bridgehead atoms. The van der Waals surface area contributed by atoms with Crippen LogP contribution in [0.4, 0.5) is 0 Å². The maximum absolute atomic E-state index is 5.31. The van der Waals surface area contributed by atoms with Gasteiger partial charge in [-0.2, -0.15) is 0 Å².